The van der Waals surface area contributed by atoms with Crippen LogP contribution in [0.2, 0.25) is 5.02 Å². The maximum Gasteiger partial charge on any atom is 0.434 e. The van der Waals surface area contributed by atoms with E-state index >= 15 is 0 Å². The van der Waals surface area contributed by atoms with Crippen LogP contribution in [-0.2, 0) is 12.8 Å². The number of anilines is 1. The van der Waals surface area contributed by atoms with Gasteiger partial charge in [0.1, 0.15) is 23.9 Å². The zero-order valence-electron chi connectivity index (χ0n) is 18.3. The van der Waals surface area contributed by atoms with E-state index in [4.69, 9.17) is 26.8 Å². The first kappa shape index (κ1) is 24.2. The van der Waals surface area contributed by atoms with Gasteiger partial charge in [0.05, 0.1) is 12.8 Å². The third-order valence-corrected chi connectivity index (χ3v) is 5.52. The van der Waals surface area contributed by atoms with Gasteiger partial charge in [0, 0.05) is 33.3 Å². The van der Waals surface area contributed by atoms with Crippen LogP contribution in [0.1, 0.15) is 11.3 Å². The molecule has 3 N–H and O–H groups in total. The fourth-order valence-electron chi connectivity index (χ4n) is 3.56. The highest BCUT2D eigenvalue weighted by Gasteiger charge is 2.39. The molecule has 180 valence electrons. The number of nitrogens with two attached hydrogens (primary N) is 1. The number of aromatic nitrogens is 2. The van der Waals surface area contributed by atoms with E-state index in [2.05, 4.69) is 9.97 Å². The van der Waals surface area contributed by atoms with Crippen LogP contribution in [0.25, 0.3) is 22.4 Å². The van der Waals surface area contributed by atoms with Gasteiger partial charge in [0.15, 0.2) is 5.69 Å². The van der Waals surface area contributed by atoms with Crippen molar-refractivity contribution in [2.24, 2.45) is 0 Å². The van der Waals surface area contributed by atoms with Crippen molar-refractivity contribution in [3.8, 4) is 39.6 Å². The van der Waals surface area contributed by atoms with Crippen molar-refractivity contribution in [2.75, 3.05) is 12.8 Å². The molecule has 1 aromatic heterocycles. The molecular weight excluding hydrogens is 483 g/mol. The Balaban J connectivity index is 1.82. The predicted molar refractivity (Wildman–Crippen MR) is 126 cm³/mol. The average molecular weight is 502 g/mol. The molecular formula is C25H19ClF3N3O3. The molecule has 0 saturated carbocycles. The van der Waals surface area contributed by atoms with Crippen LogP contribution in [-0.4, -0.2) is 22.2 Å². The van der Waals surface area contributed by atoms with E-state index < -0.39 is 17.8 Å². The summed E-state index contributed by atoms with van der Waals surface area (Å²) >= 11 is 6.14. The van der Waals surface area contributed by atoms with Crippen LogP contribution in [0.15, 0.2) is 66.7 Å². The first-order valence-electron chi connectivity index (χ1n) is 10.3. The highest BCUT2D eigenvalue weighted by molar-refractivity contribution is 6.31. The van der Waals surface area contributed by atoms with Crippen LogP contribution in [0.3, 0.4) is 0 Å². The summed E-state index contributed by atoms with van der Waals surface area (Å²) < 4.78 is 53.0. The second-order valence-corrected chi connectivity index (χ2v) is 7.82. The molecule has 0 atom stereocenters. The number of alkyl halides is 3. The van der Waals surface area contributed by atoms with Crippen LogP contribution in [0, 0.1) is 0 Å². The molecule has 0 unspecified atom stereocenters. The van der Waals surface area contributed by atoms with Gasteiger partial charge in [-0.2, -0.15) is 13.2 Å². The summed E-state index contributed by atoms with van der Waals surface area (Å²) in [5.74, 6) is -0.497. The van der Waals surface area contributed by atoms with E-state index in [1.165, 1.54) is 37.4 Å². The quantitative estimate of drug-likeness (QED) is 0.319. The molecule has 3 aromatic carbocycles. The number of methoxy groups -OCH3 is 1. The summed E-state index contributed by atoms with van der Waals surface area (Å²) in [5, 5.41) is 11.3. The number of nitrogens with zero attached hydrogens (tertiary/aromatic N) is 2. The first-order valence-corrected chi connectivity index (χ1v) is 10.6. The minimum atomic E-state index is -4.85. The van der Waals surface area contributed by atoms with E-state index in [-0.39, 0.29) is 46.2 Å². The minimum Gasteiger partial charge on any atom is -0.507 e. The maximum absolute atomic E-state index is 14.0. The zero-order chi connectivity index (χ0) is 25.2. The van der Waals surface area contributed by atoms with Gasteiger partial charge in [-0.05, 0) is 24.3 Å². The van der Waals surface area contributed by atoms with Crippen molar-refractivity contribution < 1.29 is 27.8 Å². The molecule has 0 amide bonds. The molecule has 6 nitrogen and oxygen atoms in total. The number of hydrogen-bond acceptors (Lipinski definition) is 6. The molecule has 4 rings (SSSR count). The number of nitrogen functional groups attached to an aromatic ring is 1. The lowest BCUT2D eigenvalue weighted by Gasteiger charge is -2.19. The fourth-order valence-corrected chi connectivity index (χ4v) is 3.75. The third-order valence-electron chi connectivity index (χ3n) is 5.15. The second kappa shape index (κ2) is 9.71. The number of halogens is 4. The van der Waals surface area contributed by atoms with Gasteiger partial charge in [0.25, 0.3) is 0 Å². The summed E-state index contributed by atoms with van der Waals surface area (Å²) in [6.07, 6.45) is -4.85. The average Bonchev–Trinajstić information content (AvgIpc) is 2.82. The van der Waals surface area contributed by atoms with Gasteiger partial charge in [0.2, 0.25) is 5.95 Å². The number of rotatable bonds is 6. The predicted octanol–water partition coefficient (Wildman–Crippen LogP) is 6.36. The molecule has 0 bridgehead atoms. The molecule has 4 aromatic rings. The first-order chi connectivity index (χ1) is 16.7. The number of aromatic hydroxyl groups is 1. The second-order valence-electron chi connectivity index (χ2n) is 7.41. The molecule has 35 heavy (non-hydrogen) atoms. The monoisotopic (exact) mass is 501 g/mol. The van der Waals surface area contributed by atoms with E-state index in [0.717, 1.165) is 5.56 Å². The Labute approximate surface area is 203 Å². The smallest absolute Gasteiger partial charge is 0.434 e. The Morgan fingerprint density at radius 2 is 1.69 bits per heavy atom. The van der Waals surface area contributed by atoms with Crippen LogP contribution in [0.5, 0.6) is 17.2 Å². The van der Waals surface area contributed by atoms with Crippen molar-refractivity contribution in [1.82, 2.24) is 9.97 Å². The van der Waals surface area contributed by atoms with E-state index in [0.29, 0.717) is 5.02 Å². The van der Waals surface area contributed by atoms with Crippen molar-refractivity contribution >= 4 is 17.5 Å². The molecule has 0 fully saturated rings. The summed E-state index contributed by atoms with van der Waals surface area (Å²) in [4.78, 5) is 7.53. The van der Waals surface area contributed by atoms with Crippen molar-refractivity contribution in [1.29, 1.82) is 0 Å². The van der Waals surface area contributed by atoms with E-state index in [1.54, 1.807) is 30.3 Å². The zero-order valence-corrected chi connectivity index (χ0v) is 19.1. The van der Waals surface area contributed by atoms with E-state index in [1.807, 2.05) is 6.07 Å². The van der Waals surface area contributed by atoms with Gasteiger partial charge in [-0.1, -0.05) is 48.0 Å². The van der Waals surface area contributed by atoms with Gasteiger partial charge in [-0.15, -0.1) is 0 Å². The molecule has 0 aliphatic heterocycles. The Bertz CT molecular complexity index is 1380. The summed E-state index contributed by atoms with van der Waals surface area (Å²) in [7, 11) is 1.34. The van der Waals surface area contributed by atoms with Gasteiger partial charge < -0.3 is 20.3 Å². The van der Waals surface area contributed by atoms with Crippen molar-refractivity contribution in [3.63, 3.8) is 0 Å². The molecule has 0 aliphatic rings. The number of phenolic OH excluding ortho intramolecular Hbond substituents is 1. The van der Waals surface area contributed by atoms with Crippen LogP contribution < -0.4 is 15.2 Å². The largest absolute Gasteiger partial charge is 0.507 e. The molecule has 0 spiro atoms. The Hall–Kier alpha value is -3.98. The van der Waals surface area contributed by atoms with Crippen molar-refractivity contribution in [2.45, 2.75) is 12.8 Å². The topological polar surface area (TPSA) is 90.5 Å². The van der Waals surface area contributed by atoms with Crippen molar-refractivity contribution in [3.05, 3.63) is 83.0 Å². The summed E-state index contributed by atoms with van der Waals surface area (Å²) in [6.45, 7) is 0.129. The lowest BCUT2D eigenvalue weighted by Crippen LogP contribution is -2.14. The number of ether oxygens (including phenoxy) is 2. The lowest BCUT2D eigenvalue weighted by atomic mass is 9.96. The number of phenols is 1. The summed E-state index contributed by atoms with van der Waals surface area (Å²) in [5.41, 5.74) is 4.66. The third kappa shape index (κ3) is 5.09. The number of hydrogen-bond donors (Lipinski definition) is 2. The lowest BCUT2D eigenvalue weighted by molar-refractivity contribution is -0.140. The number of benzene rings is 3. The highest BCUT2D eigenvalue weighted by atomic mass is 35.5. The SMILES string of the molecule is COc1ccccc1-c1c(-c2ccc(OCc3ccccc3Cl)cc2O)nc(N)nc1C(F)(F)F. The molecule has 0 aliphatic carbocycles. The van der Waals surface area contributed by atoms with Gasteiger partial charge in [-0.3, -0.25) is 0 Å². The molecule has 10 heteroatoms. The Morgan fingerprint density at radius 3 is 2.37 bits per heavy atom. The fraction of sp³-hybridized carbons (Fsp3) is 0.120. The maximum atomic E-state index is 14.0. The van der Waals surface area contributed by atoms with Crippen LogP contribution >= 0.6 is 11.6 Å². The normalized spacial score (nSPS) is 11.3. The highest BCUT2D eigenvalue weighted by Crippen LogP contribution is 2.46. The minimum absolute atomic E-state index is 0.00981. The molecule has 0 saturated heterocycles. The van der Waals surface area contributed by atoms with Gasteiger partial charge >= 0.3 is 6.18 Å². The molecule has 0 radical (unpaired) electrons. The van der Waals surface area contributed by atoms with Gasteiger partial charge in [-0.25, -0.2) is 9.97 Å². The summed E-state index contributed by atoms with van der Waals surface area (Å²) in [6, 6.07) is 17.4. The Kier molecular flexibility index (Phi) is 6.70. The number of para-hydroxylation sites is 1. The van der Waals surface area contributed by atoms with Crippen LogP contribution in [0.4, 0.5) is 19.1 Å². The van der Waals surface area contributed by atoms with E-state index in [9.17, 15) is 18.3 Å². The Morgan fingerprint density at radius 1 is 0.971 bits per heavy atom. The standard InChI is InChI=1S/C25H19ClF3N3O3/c1-34-20-9-5-3-7-17(20)21-22(31-24(30)32-23(21)25(27,28)29)16-11-10-15(12-19(16)33)35-13-14-6-2-4-8-18(14)26/h2-12,33H,13H2,1H3,(H2,30,31,32). The molecule has 1 heterocycles.